The Bertz CT molecular complexity index is 1120. The van der Waals surface area contributed by atoms with Gasteiger partial charge in [-0.25, -0.2) is 4.98 Å². The average Bonchev–Trinajstić information content (AvgIpc) is 3.37. The summed E-state index contributed by atoms with van der Waals surface area (Å²) in [6.07, 6.45) is 0. The summed E-state index contributed by atoms with van der Waals surface area (Å²) in [6.45, 7) is 4.05. The average molecular weight is 405 g/mol. The largest absolute Gasteiger partial charge is 0.338 e. The van der Waals surface area contributed by atoms with E-state index in [9.17, 15) is 4.79 Å². The van der Waals surface area contributed by atoms with Crippen LogP contribution in [0.2, 0.25) is 0 Å². The van der Waals surface area contributed by atoms with Crippen molar-refractivity contribution in [3.05, 3.63) is 65.7 Å². The van der Waals surface area contributed by atoms with Crippen LogP contribution in [0.1, 0.15) is 11.1 Å². The number of anilines is 1. The molecule has 0 aliphatic heterocycles. The lowest BCUT2D eigenvalue weighted by atomic mass is 10.1. The van der Waals surface area contributed by atoms with Gasteiger partial charge in [-0.2, -0.15) is 0 Å². The second-order valence-corrected chi connectivity index (χ2v) is 7.55. The van der Waals surface area contributed by atoms with Gasteiger partial charge in [-0.1, -0.05) is 76.6 Å². The number of nitrogens with zero attached hydrogens (tertiary/aromatic N) is 3. The molecule has 0 bridgehead atoms. The third kappa shape index (κ3) is 4.72. The molecule has 4 rings (SSSR count). The molecule has 2 aromatic carbocycles. The summed E-state index contributed by atoms with van der Waals surface area (Å²) in [5, 5.41) is 14.3. The molecule has 0 fully saturated rings. The van der Waals surface area contributed by atoms with Gasteiger partial charge in [0.1, 0.15) is 5.69 Å². The Balaban J connectivity index is 1.33. The maximum atomic E-state index is 12.2. The van der Waals surface area contributed by atoms with E-state index in [4.69, 9.17) is 4.52 Å². The number of hydrogen-bond acceptors (Lipinski definition) is 6. The van der Waals surface area contributed by atoms with Crippen LogP contribution in [0.25, 0.3) is 22.6 Å². The molecule has 29 heavy (non-hydrogen) atoms. The number of nitrogens with one attached hydrogen (secondary N) is 2. The van der Waals surface area contributed by atoms with Gasteiger partial charge in [0.15, 0.2) is 5.82 Å². The van der Waals surface area contributed by atoms with Gasteiger partial charge in [0.05, 0.1) is 5.75 Å². The van der Waals surface area contributed by atoms with E-state index in [2.05, 4.69) is 25.7 Å². The first kappa shape index (κ1) is 18.9. The summed E-state index contributed by atoms with van der Waals surface area (Å²) in [7, 11) is 0. The van der Waals surface area contributed by atoms with Crippen LogP contribution in [0, 0.1) is 13.8 Å². The Hall–Kier alpha value is -3.39. The molecule has 2 aromatic heterocycles. The van der Waals surface area contributed by atoms with Crippen molar-refractivity contribution in [2.24, 2.45) is 0 Å². The van der Waals surface area contributed by atoms with Crippen LogP contribution in [0.5, 0.6) is 0 Å². The summed E-state index contributed by atoms with van der Waals surface area (Å²) < 4.78 is 5.21. The zero-order valence-electron chi connectivity index (χ0n) is 16.0. The molecule has 1 amide bonds. The lowest BCUT2D eigenvalue weighted by Crippen LogP contribution is -2.13. The molecule has 0 aliphatic carbocycles. The quantitative estimate of drug-likeness (QED) is 0.459. The third-order valence-corrected chi connectivity index (χ3v) is 5.09. The number of H-pyrrole nitrogens is 1. The van der Waals surface area contributed by atoms with Gasteiger partial charge < -0.3 is 4.52 Å². The number of hydrogen-bond donors (Lipinski definition) is 2. The van der Waals surface area contributed by atoms with Gasteiger partial charge in [-0.3, -0.25) is 15.2 Å². The summed E-state index contributed by atoms with van der Waals surface area (Å²) in [4.78, 5) is 16.6. The van der Waals surface area contributed by atoms with E-state index in [-0.39, 0.29) is 11.7 Å². The molecule has 0 unspecified atom stereocenters. The van der Waals surface area contributed by atoms with Crippen LogP contribution < -0.4 is 5.32 Å². The first-order valence-electron chi connectivity index (χ1n) is 9.03. The standard InChI is InChI=1S/C21H19N5O2S/c1-13-3-7-15(8-4-13)17-11-19(28-26-17)22-18(27)12-29-21-23-20(24-25-21)16-9-5-14(2)6-10-16/h3-11H,12H2,1-2H3,(H,22,27)(H,23,24,25). The van der Waals surface area contributed by atoms with Crippen LogP contribution in [0.4, 0.5) is 5.88 Å². The van der Waals surface area contributed by atoms with Gasteiger partial charge >= 0.3 is 0 Å². The highest BCUT2D eigenvalue weighted by atomic mass is 32.2. The van der Waals surface area contributed by atoms with Crippen molar-refractivity contribution in [3.63, 3.8) is 0 Å². The van der Waals surface area contributed by atoms with Crippen molar-refractivity contribution in [3.8, 4) is 22.6 Å². The molecule has 146 valence electrons. The van der Waals surface area contributed by atoms with Crippen molar-refractivity contribution in [2.45, 2.75) is 19.0 Å². The first-order chi connectivity index (χ1) is 14.1. The molecule has 4 aromatic rings. The molecule has 0 saturated carbocycles. The highest BCUT2D eigenvalue weighted by Gasteiger charge is 2.12. The Morgan fingerprint density at radius 1 is 1.03 bits per heavy atom. The minimum atomic E-state index is -0.219. The molecule has 0 atom stereocenters. The van der Waals surface area contributed by atoms with Crippen molar-refractivity contribution in [1.29, 1.82) is 0 Å². The molecular weight excluding hydrogens is 386 g/mol. The van der Waals surface area contributed by atoms with Gasteiger partial charge in [-0.15, -0.1) is 5.10 Å². The second kappa shape index (κ2) is 8.32. The number of thioether (sulfide) groups is 1. The van der Waals surface area contributed by atoms with Crippen LogP contribution in [0.3, 0.4) is 0 Å². The van der Waals surface area contributed by atoms with Crippen LogP contribution in [-0.2, 0) is 4.79 Å². The van der Waals surface area contributed by atoms with Crippen molar-refractivity contribution in [2.75, 3.05) is 11.1 Å². The van der Waals surface area contributed by atoms with E-state index in [0.29, 0.717) is 22.6 Å². The lowest BCUT2D eigenvalue weighted by Gasteiger charge is -1.98. The summed E-state index contributed by atoms with van der Waals surface area (Å²) >= 11 is 1.24. The molecule has 8 heteroatoms. The highest BCUT2D eigenvalue weighted by molar-refractivity contribution is 7.99. The Morgan fingerprint density at radius 3 is 2.38 bits per heavy atom. The Morgan fingerprint density at radius 2 is 1.69 bits per heavy atom. The maximum absolute atomic E-state index is 12.2. The van der Waals surface area contributed by atoms with E-state index in [1.54, 1.807) is 6.07 Å². The topological polar surface area (TPSA) is 96.7 Å². The summed E-state index contributed by atoms with van der Waals surface area (Å²) in [5.74, 6) is 0.918. The van der Waals surface area contributed by atoms with Crippen LogP contribution in [0.15, 0.2) is 64.3 Å². The maximum Gasteiger partial charge on any atom is 0.237 e. The minimum Gasteiger partial charge on any atom is -0.338 e. The number of carbonyl (C=O) groups excluding carboxylic acids is 1. The predicted molar refractivity (Wildman–Crippen MR) is 113 cm³/mol. The fourth-order valence-electron chi connectivity index (χ4n) is 2.65. The second-order valence-electron chi connectivity index (χ2n) is 6.61. The van der Waals surface area contributed by atoms with Gasteiger partial charge in [0.25, 0.3) is 0 Å². The zero-order chi connectivity index (χ0) is 20.2. The highest BCUT2D eigenvalue weighted by Crippen LogP contribution is 2.23. The monoisotopic (exact) mass is 405 g/mol. The smallest absolute Gasteiger partial charge is 0.237 e. The predicted octanol–water partition coefficient (Wildman–Crippen LogP) is 4.47. The van der Waals surface area contributed by atoms with Crippen LogP contribution in [-0.4, -0.2) is 32.0 Å². The number of carbonyl (C=O) groups is 1. The number of aryl methyl sites for hydroxylation is 2. The molecule has 0 spiro atoms. The minimum absolute atomic E-state index is 0.158. The molecule has 0 radical (unpaired) electrons. The number of aromatic nitrogens is 4. The molecule has 2 heterocycles. The summed E-state index contributed by atoms with van der Waals surface area (Å²) in [6, 6.07) is 17.6. The third-order valence-electron chi connectivity index (χ3n) is 4.24. The zero-order valence-corrected chi connectivity index (χ0v) is 16.8. The number of benzene rings is 2. The molecule has 0 aliphatic rings. The number of amides is 1. The van der Waals surface area contributed by atoms with E-state index in [1.165, 1.54) is 22.9 Å². The van der Waals surface area contributed by atoms with Crippen molar-refractivity contribution >= 4 is 23.6 Å². The number of rotatable bonds is 6. The lowest BCUT2D eigenvalue weighted by molar-refractivity contribution is -0.113. The molecule has 7 nitrogen and oxygen atoms in total. The fourth-order valence-corrected chi connectivity index (χ4v) is 3.25. The van der Waals surface area contributed by atoms with Crippen molar-refractivity contribution in [1.82, 2.24) is 20.3 Å². The van der Waals surface area contributed by atoms with E-state index in [0.717, 1.165) is 11.1 Å². The van der Waals surface area contributed by atoms with Crippen molar-refractivity contribution < 1.29 is 9.32 Å². The van der Waals surface area contributed by atoms with Gasteiger partial charge in [-0.05, 0) is 13.8 Å². The Kier molecular flexibility index (Phi) is 5.44. The molecule has 0 saturated heterocycles. The first-order valence-corrected chi connectivity index (χ1v) is 10.0. The van der Waals surface area contributed by atoms with Crippen LogP contribution >= 0.6 is 11.8 Å². The van der Waals surface area contributed by atoms with E-state index < -0.39 is 0 Å². The van der Waals surface area contributed by atoms with Gasteiger partial charge in [0, 0.05) is 17.2 Å². The van der Waals surface area contributed by atoms with E-state index >= 15 is 0 Å². The summed E-state index contributed by atoms with van der Waals surface area (Å²) in [5.41, 5.74) is 4.89. The van der Waals surface area contributed by atoms with Gasteiger partial charge in [0.2, 0.25) is 16.9 Å². The SMILES string of the molecule is Cc1ccc(-c2cc(NC(=O)CSc3n[nH]c(-c4ccc(C)cc4)n3)on2)cc1. The van der Waals surface area contributed by atoms with E-state index in [1.807, 2.05) is 62.4 Å². The normalized spacial score (nSPS) is 10.8. The Labute approximate surface area is 171 Å². The molecule has 2 N–H and O–H groups in total. The molecular formula is C21H19N5O2S. The fraction of sp³-hybridized carbons (Fsp3) is 0.143. The number of aromatic amines is 1.